The molecule has 0 amide bonds. The minimum Gasteiger partial charge on any atom is -0.456 e. The monoisotopic (exact) mass is 841 g/mol. The van der Waals surface area contributed by atoms with Gasteiger partial charge in [0, 0.05) is 29.7 Å². The van der Waals surface area contributed by atoms with Crippen LogP contribution in [0.15, 0.2) is 29.7 Å². The second-order valence-electron chi connectivity index (χ2n) is 12.9. The molecule has 0 aliphatic carbocycles. The second kappa shape index (κ2) is 17.6. The topological polar surface area (TPSA) is 330 Å². The Morgan fingerprint density at radius 3 is 2.54 bits per heavy atom. The van der Waals surface area contributed by atoms with Crippen molar-refractivity contribution in [1.82, 2.24) is 34.4 Å². The summed E-state index contributed by atoms with van der Waals surface area (Å²) in [6.45, 7) is 4.91. The van der Waals surface area contributed by atoms with Gasteiger partial charge in [0.05, 0.1) is 26.1 Å². The number of aliphatic hydroxyl groups excluding tert-OH is 1. The van der Waals surface area contributed by atoms with Gasteiger partial charge in [-0.05, 0) is 6.07 Å². The van der Waals surface area contributed by atoms with E-state index < -0.39 is 83.5 Å². The van der Waals surface area contributed by atoms with Crippen LogP contribution in [0.4, 0.5) is 11.6 Å². The molecule has 5 rings (SSSR count). The smallest absolute Gasteiger partial charge is 0.456 e. The molecular formula is C27H41N9O14P2S2. The number of hydrogen-bond donors (Lipinski definition) is 7. The lowest BCUT2D eigenvalue weighted by molar-refractivity contribution is -0.155. The summed E-state index contributed by atoms with van der Waals surface area (Å²) >= 11 is 0. The van der Waals surface area contributed by atoms with Gasteiger partial charge < -0.3 is 50.8 Å². The maximum absolute atomic E-state index is 13.3. The fraction of sp³-hybridized carbons (Fsp3) is 0.630. The Hall–Kier alpha value is -2.74. The van der Waals surface area contributed by atoms with E-state index >= 15 is 0 Å². The van der Waals surface area contributed by atoms with Crippen molar-refractivity contribution in [2.75, 3.05) is 43.5 Å². The number of carbonyl (C=O) groups excluding carboxylic acids is 1. The number of aromatic nitrogens is 6. The van der Waals surface area contributed by atoms with E-state index in [0.29, 0.717) is 12.3 Å². The third kappa shape index (κ3) is 11.4. The molecule has 0 radical (unpaired) electrons. The number of nitrogens with two attached hydrogens (primary N) is 2. The van der Waals surface area contributed by atoms with Crippen LogP contribution in [0.2, 0.25) is 0 Å². The van der Waals surface area contributed by atoms with Gasteiger partial charge in [-0.15, -0.1) is 0 Å². The number of imidazole rings is 1. The van der Waals surface area contributed by atoms with Crippen molar-refractivity contribution in [2.45, 2.75) is 74.9 Å². The summed E-state index contributed by atoms with van der Waals surface area (Å²) < 4.78 is 59.6. The minimum absolute atomic E-state index is 0.0535. The van der Waals surface area contributed by atoms with E-state index in [1.165, 1.54) is 29.5 Å². The van der Waals surface area contributed by atoms with Crippen LogP contribution in [-0.2, 0) is 41.7 Å². The van der Waals surface area contributed by atoms with E-state index in [-0.39, 0.29) is 40.5 Å². The molecule has 2 aliphatic heterocycles. The molecule has 2 saturated heterocycles. The second-order valence-corrected chi connectivity index (χ2v) is 18.8. The van der Waals surface area contributed by atoms with Crippen molar-refractivity contribution < 1.29 is 61.5 Å². The SMILES string of the molecule is CC(C)(C)SSCCNCC(=O)O[C@H]1[C@@H](O)[C@H](n2cnc3c(N)ncnc32)O[C@@H]1COP(=O)(O)O[C@H]1C[C@H](n2ccc(N)nc2=O)O[C@@H]1COP(=O)(O)O. The predicted octanol–water partition coefficient (Wildman–Crippen LogP) is 0.0862. The van der Waals surface area contributed by atoms with Crippen molar-refractivity contribution in [2.24, 2.45) is 0 Å². The molecule has 23 nitrogen and oxygen atoms in total. The summed E-state index contributed by atoms with van der Waals surface area (Å²) in [5.74, 6) is -0.0958. The first-order chi connectivity index (χ1) is 25.3. The van der Waals surface area contributed by atoms with Gasteiger partial charge in [-0.2, -0.15) is 4.98 Å². The summed E-state index contributed by atoms with van der Waals surface area (Å²) in [5.41, 5.74) is 11.0. The number of nitrogens with zero attached hydrogens (tertiary/aromatic N) is 6. The van der Waals surface area contributed by atoms with Crippen LogP contribution >= 0.6 is 37.2 Å². The lowest BCUT2D eigenvalue weighted by Gasteiger charge is -2.24. The van der Waals surface area contributed by atoms with Gasteiger partial charge in [0.2, 0.25) is 0 Å². The fourth-order valence-electron chi connectivity index (χ4n) is 5.32. The highest BCUT2D eigenvalue weighted by molar-refractivity contribution is 8.77. The van der Waals surface area contributed by atoms with E-state index in [0.717, 1.165) is 4.57 Å². The van der Waals surface area contributed by atoms with E-state index in [2.05, 4.69) is 50.5 Å². The highest BCUT2D eigenvalue weighted by Gasteiger charge is 2.49. The lowest BCUT2D eigenvalue weighted by Crippen LogP contribution is -2.40. The molecule has 27 heteroatoms. The Morgan fingerprint density at radius 1 is 1.09 bits per heavy atom. The first-order valence-corrected chi connectivity index (χ1v) is 21.5. The average molecular weight is 842 g/mol. The molecule has 54 heavy (non-hydrogen) atoms. The summed E-state index contributed by atoms with van der Waals surface area (Å²) in [4.78, 5) is 70.4. The first kappa shape index (κ1) is 42.4. The van der Waals surface area contributed by atoms with E-state index in [1.807, 2.05) is 0 Å². The van der Waals surface area contributed by atoms with E-state index in [1.54, 1.807) is 21.6 Å². The number of rotatable bonds is 17. The van der Waals surface area contributed by atoms with Crippen LogP contribution in [0.3, 0.4) is 0 Å². The summed E-state index contributed by atoms with van der Waals surface area (Å²) in [6.07, 6.45) is -6.26. The summed E-state index contributed by atoms with van der Waals surface area (Å²) in [7, 11) is -6.80. The number of anilines is 2. The number of phosphoric acid groups is 2. The Bertz CT molecular complexity index is 1930. The molecule has 3 aromatic heterocycles. The number of aliphatic hydroxyl groups is 1. The third-order valence-electron chi connectivity index (χ3n) is 7.60. The molecule has 1 unspecified atom stereocenters. The standard InChI is InChI=1S/C27H41N9O14P2S2/c1-27(2,3)54-53-7-5-30-9-19(37)49-22-16(48-25(21(22)38)36-13-33-20-23(29)31-12-32-24(20)36)11-46-52(43,44)50-14-8-18(35-6-4-17(28)34-26(35)39)47-15(14)10-45-51(40,41)42/h4,6,12-16,18,21-22,25,30,38H,5,7-11H2,1-3H3,(H,43,44)(H2,28,34,39)(H2,29,31,32)(H2,40,41,42)/t14-,15+,16+,18+,21+,22+,25+/m0/s1. The molecule has 0 aromatic carbocycles. The van der Waals surface area contributed by atoms with Gasteiger partial charge >= 0.3 is 27.3 Å². The molecule has 0 saturated carbocycles. The summed E-state index contributed by atoms with van der Waals surface area (Å²) in [5, 5.41) is 14.3. The Balaban J connectivity index is 1.28. The Kier molecular flexibility index (Phi) is 13.8. The van der Waals surface area contributed by atoms with E-state index in [4.69, 9.17) is 34.7 Å². The zero-order valence-corrected chi connectivity index (χ0v) is 32.4. The van der Waals surface area contributed by atoms with Crippen LogP contribution < -0.4 is 22.5 Å². The van der Waals surface area contributed by atoms with Gasteiger partial charge in [0.1, 0.15) is 48.3 Å². The van der Waals surface area contributed by atoms with Gasteiger partial charge in [-0.1, -0.05) is 42.4 Å². The van der Waals surface area contributed by atoms with Gasteiger partial charge in [0.15, 0.2) is 23.8 Å². The van der Waals surface area contributed by atoms with Gasteiger partial charge in [-0.3, -0.25) is 27.5 Å². The first-order valence-electron chi connectivity index (χ1n) is 16.1. The molecule has 3 aromatic rings. The molecule has 2 aliphatic rings. The molecule has 300 valence electrons. The number of hydrogen-bond acceptors (Lipinski definition) is 20. The van der Waals surface area contributed by atoms with Crippen molar-refractivity contribution >= 4 is 66.0 Å². The van der Waals surface area contributed by atoms with Crippen LogP contribution in [0, 0.1) is 0 Å². The quantitative estimate of drug-likeness (QED) is 0.0410. The van der Waals surface area contributed by atoms with Crippen molar-refractivity contribution in [3.8, 4) is 0 Å². The van der Waals surface area contributed by atoms with Crippen molar-refractivity contribution in [3.05, 3.63) is 35.4 Å². The van der Waals surface area contributed by atoms with Crippen LogP contribution in [-0.4, -0.2) is 122 Å². The zero-order chi connectivity index (χ0) is 39.4. The normalized spacial score (nSPS) is 25.9. The Morgan fingerprint density at radius 2 is 1.83 bits per heavy atom. The molecule has 0 spiro atoms. The lowest BCUT2D eigenvalue weighted by atomic mass is 10.1. The van der Waals surface area contributed by atoms with Gasteiger partial charge in [0.25, 0.3) is 0 Å². The molecule has 8 atom stereocenters. The minimum atomic E-state index is -5.11. The van der Waals surface area contributed by atoms with Crippen molar-refractivity contribution in [1.29, 1.82) is 0 Å². The maximum atomic E-state index is 13.3. The average Bonchev–Trinajstić information content (AvgIpc) is 3.76. The van der Waals surface area contributed by atoms with Gasteiger partial charge in [-0.25, -0.2) is 28.9 Å². The highest BCUT2D eigenvalue weighted by Crippen LogP contribution is 2.50. The largest absolute Gasteiger partial charge is 0.472 e. The molecule has 9 N–H and O–H groups in total. The van der Waals surface area contributed by atoms with Crippen LogP contribution in [0.1, 0.15) is 39.6 Å². The van der Waals surface area contributed by atoms with Crippen molar-refractivity contribution in [3.63, 3.8) is 0 Å². The van der Waals surface area contributed by atoms with Crippen LogP contribution in [0.25, 0.3) is 11.2 Å². The fourth-order valence-corrected chi connectivity index (χ4v) is 8.84. The predicted molar refractivity (Wildman–Crippen MR) is 192 cm³/mol. The number of carbonyl (C=O) groups is 1. The number of nitrogen functional groups attached to an aromatic ring is 2. The maximum Gasteiger partial charge on any atom is 0.472 e. The molecule has 2 fully saturated rings. The van der Waals surface area contributed by atoms with E-state index in [9.17, 15) is 38.5 Å². The van der Waals surface area contributed by atoms with Crippen LogP contribution in [0.5, 0.6) is 0 Å². The molecule has 5 heterocycles. The molecule has 0 bridgehead atoms. The number of esters is 1. The number of fused-ring (bicyclic) bond motifs is 1. The number of ether oxygens (including phenoxy) is 3. The summed E-state index contributed by atoms with van der Waals surface area (Å²) in [6, 6.07) is 1.30. The molecular weight excluding hydrogens is 800 g/mol. The number of nitrogens with one attached hydrogen (secondary N) is 1. The number of phosphoric ester groups is 2. The zero-order valence-electron chi connectivity index (χ0n) is 29.0. The highest BCUT2D eigenvalue weighted by atomic mass is 33.1. The third-order valence-corrected chi connectivity index (χ3v) is 12.4. The Labute approximate surface area is 315 Å².